The summed E-state index contributed by atoms with van der Waals surface area (Å²) in [5.74, 6) is 0.960. The van der Waals surface area contributed by atoms with Crippen LogP contribution < -0.4 is 5.32 Å². The lowest BCUT2D eigenvalue weighted by Gasteiger charge is -2.31. The number of aliphatic hydroxyl groups is 1. The first kappa shape index (κ1) is 12.0. The van der Waals surface area contributed by atoms with E-state index in [4.69, 9.17) is 5.11 Å². The second kappa shape index (κ2) is 6.41. The maximum atomic E-state index is 9.09. The minimum Gasteiger partial charge on any atom is -0.395 e. The Morgan fingerprint density at radius 1 is 1.21 bits per heavy atom. The number of nitrogens with one attached hydrogen (secondary N) is 1. The van der Waals surface area contributed by atoms with E-state index >= 15 is 0 Å². The van der Waals surface area contributed by atoms with Crippen molar-refractivity contribution in [1.29, 1.82) is 0 Å². The van der Waals surface area contributed by atoms with Gasteiger partial charge < -0.3 is 10.4 Å². The zero-order valence-electron chi connectivity index (χ0n) is 9.63. The molecule has 84 valence electrons. The molecule has 1 saturated carbocycles. The Bertz CT molecular complexity index is 137. The smallest absolute Gasteiger partial charge is 0.0584 e. The van der Waals surface area contributed by atoms with Gasteiger partial charge in [0.1, 0.15) is 0 Å². The molecule has 0 radical (unpaired) electrons. The molecular weight excluding hydrogens is 174 g/mol. The molecule has 0 saturated heterocycles. The summed E-state index contributed by atoms with van der Waals surface area (Å²) in [4.78, 5) is 0. The molecule has 2 nitrogen and oxygen atoms in total. The van der Waals surface area contributed by atoms with Crippen molar-refractivity contribution in [2.45, 2.75) is 64.5 Å². The summed E-state index contributed by atoms with van der Waals surface area (Å²) in [6, 6.07) is 0.980. The first-order chi connectivity index (χ1) is 6.80. The van der Waals surface area contributed by atoms with Crippen molar-refractivity contribution in [3.63, 3.8) is 0 Å². The normalized spacial score (nSPS) is 30.2. The lowest BCUT2D eigenvalue weighted by atomic mass is 9.84. The van der Waals surface area contributed by atoms with Gasteiger partial charge >= 0.3 is 0 Å². The fraction of sp³-hybridized carbons (Fsp3) is 1.00. The number of hydrogen-bond donors (Lipinski definition) is 2. The molecule has 0 aromatic rings. The van der Waals surface area contributed by atoms with Crippen molar-refractivity contribution >= 4 is 0 Å². The van der Waals surface area contributed by atoms with Gasteiger partial charge in [-0.25, -0.2) is 0 Å². The molecule has 0 heterocycles. The highest BCUT2D eigenvalue weighted by molar-refractivity contribution is 4.79. The van der Waals surface area contributed by atoms with Crippen molar-refractivity contribution < 1.29 is 5.11 Å². The topological polar surface area (TPSA) is 32.3 Å². The molecule has 2 heteroatoms. The van der Waals surface area contributed by atoms with Gasteiger partial charge in [-0.15, -0.1) is 0 Å². The lowest BCUT2D eigenvalue weighted by molar-refractivity contribution is 0.203. The van der Waals surface area contributed by atoms with Crippen LogP contribution in [0.5, 0.6) is 0 Å². The first-order valence-corrected chi connectivity index (χ1v) is 6.17. The maximum Gasteiger partial charge on any atom is 0.0584 e. The quantitative estimate of drug-likeness (QED) is 0.712. The second-order valence-electron chi connectivity index (χ2n) is 4.58. The van der Waals surface area contributed by atoms with Gasteiger partial charge in [0.05, 0.1) is 6.61 Å². The summed E-state index contributed by atoms with van der Waals surface area (Å²) in [5, 5.41) is 12.6. The Hall–Kier alpha value is -0.0800. The van der Waals surface area contributed by atoms with Gasteiger partial charge in [0.25, 0.3) is 0 Å². The Kier molecular flexibility index (Phi) is 5.49. The van der Waals surface area contributed by atoms with E-state index in [1.54, 1.807) is 0 Å². The van der Waals surface area contributed by atoms with Crippen LogP contribution >= 0.6 is 0 Å². The third-order valence-corrected chi connectivity index (χ3v) is 3.61. The summed E-state index contributed by atoms with van der Waals surface area (Å²) in [6.07, 6.45) is 7.71. The number of rotatable bonds is 5. The molecule has 1 rings (SSSR count). The Morgan fingerprint density at radius 2 is 1.86 bits per heavy atom. The van der Waals surface area contributed by atoms with E-state index < -0.39 is 0 Å². The predicted octanol–water partition coefficient (Wildman–Crippen LogP) is 2.32. The van der Waals surface area contributed by atoms with E-state index in [0.29, 0.717) is 12.1 Å². The molecule has 0 bridgehead atoms. The van der Waals surface area contributed by atoms with Gasteiger partial charge in [0.15, 0.2) is 0 Å². The van der Waals surface area contributed by atoms with E-state index in [0.717, 1.165) is 12.3 Å². The van der Waals surface area contributed by atoms with Crippen LogP contribution in [-0.2, 0) is 0 Å². The number of aliphatic hydroxyl groups excluding tert-OH is 1. The van der Waals surface area contributed by atoms with Crippen molar-refractivity contribution in [2.24, 2.45) is 5.92 Å². The van der Waals surface area contributed by atoms with Crippen molar-refractivity contribution in [3.05, 3.63) is 0 Å². The standard InChI is InChI=1S/C12H25NO/c1-3-10-5-7-12(8-6-10)13-11(4-2)9-14/h10-14H,3-9H2,1-2H3/t10?,11-,12?/m0/s1. The molecule has 1 aliphatic carbocycles. The van der Waals surface area contributed by atoms with Crippen LogP contribution in [0.4, 0.5) is 0 Å². The zero-order valence-corrected chi connectivity index (χ0v) is 9.63. The largest absolute Gasteiger partial charge is 0.395 e. The zero-order chi connectivity index (χ0) is 10.4. The molecule has 0 amide bonds. The van der Waals surface area contributed by atoms with E-state index in [1.807, 2.05) is 0 Å². The number of hydrogen-bond acceptors (Lipinski definition) is 2. The highest BCUT2D eigenvalue weighted by Crippen LogP contribution is 2.26. The monoisotopic (exact) mass is 199 g/mol. The first-order valence-electron chi connectivity index (χ1n) is 6.17. The average molecular weight is 199 g/mol. The van der Waals surface area contributed by atoms with E-state index in [1.165, 1.54) is 32.1 Å². The van der Waals surface area contributed by atoms with Crippen LogP contribution in [0.2, 0.25) is 0 Å². The lowest BCUT2D eigenvalue weighted by Crippen LogP contribution is -2.42. The van der Waals surface area contributed by atoms with Crippen LogP contribution in [-0.4, -0.2) is 23.8 Å². The van der Waals surface area contributed by atoms with Gasteiger partial charge in [0.2, 0.25) is 0 Å². The van der Waals surface area contributed by atoms with Gasteiger partial charge in [0, 0.05) is 12.1 Å². The van der Waals surface area contributed by atoms with Crippen LogP contribution in [0, 0.1) is 5.92 Å². The summed E-state index contributed by atoms with van der Waals surface area (Å²) < 4.78 is 0. The molecule has 1 aliphatic rings. The predicted molar refractivity (Wildman–Crippen MR) is 60.3 cm³/mol. The fourth-order valence-electron chi connectivity index (χ4n) is 2.37. The third kappa shape index (κ3) is 3.58. The molecule has 0 aliphatic heterocycles. The molecule has 0 unspecified atom stereocenters. The Labute approximate surface area is 88.1 Å². The molecule has 2 N–H and O–H groups in total. The SMILES string of the molecule is CCC1CCC(N[C@@H](CC)CO)CC1. The van der Waals surface area contributed by atoms with E-state index in [-0.39, 0.29) is 6.61 Å². The molecule has 0 aromatic carbocycles. The fourth-order valence-corrected chi connectivity index (χ4v) is 2.37. The molecule has 0 spiro atoms. The highest BCUT2D eigenvalue weighted by atomic mass is 16.3. The van der Waals surface area contributed by atoms with Gasteiger partial charge in [-0.1, -0.05) is 20.3 Å². The Morgan fingerprint density at radius 3 is 2.29 bits per heavy atom. The molecular formula is C12H25NO. The maximum absolute atomic E-state index is 9.09. The van der Waals surface area contributed by atoms with Crippen LogP contribution in [0.1, 0.15) is 52.4 Å². The third-order valence-electron chi connectivity index (χ3n) is 3.61. The highest BCUT2D eigenvalue weighted by Gasteiger charge is 2.21. The van der Waals surface area contributed by atoms with E-state index in [2.05, 4.69) is 19.2 Å². The van der Waals surface area contributed by atoms with Gasteiger partial charge in [-0.3, -0.25) is 0 Å². The van der Waals surface area contributed by atoms with Crippen LogP contribution in [0.15, 0.2) is 0 Å². The molecule has 14 heavy (non-hydrogen) atoms. The minimum absolute atomic E-state index is 0.282. The summed E-state index contributed by atoms with van der Waals surface area (Å²) in [5.41, 5.74) is 0. The van der Waals surface area contributed by atoms with Crippen molar-refractivity contribution in [3.8, 4) is 0 Å². The molecule has 0 aromatic heterocycles. The van der Waals surface area contributed by atoms with Crippen molar-refractivity contribution in [1.82, 2.24) is 5.32 Å². The Balaban J connectivity index is 2.21. The van der Waals surface area contributed by atoms with Gasteiger partial charge in [-0.05, 0) is 38.0 Å². The summed E-state index contributed by atoms with van der Waals surface area (Å²) in [7, 11) is 0. The van der Waals surface area contributed by atoms with E-state index in [9.17, 15) is 0 Å². The average Bonchev–Trinajstić information content (AvgIpc) is 2.26. The second-order valence-corrected chi connectivity index (χ2v) is 4.58. The molecule has 1 atom stereocenters. The summed E-state index contributed by atoms with van der Waals surface area (Å²) in [6.45, 7) is 4.71. The van der Waals surface area contributed by atoms with Crippen LogP contribution in [0.3, 0.4) is 0 Å². The van der Waals surface area contributed by atoms with Gasteiger partial charge in [-0.2, -0.15) is 0 Å². The van der Waals surface area contributed by atoms with Crippen molar-refractivity contribution in [2.75, 3.05) is 6.61 Å². The van der Waals surface area contributed by atoms with Crippen LogP contribution in [0.25, 0.3) is 0 Å². The molecule has 1 fully saturated rings. The minimum atomic E-state index is 0.282. The summed E-state index contributed by atoms with van der Waals surface area (Å²) >= 11 is 0.